The Bertz CT molecular complexity index is 236. The summed E-state index contributed by atoms with van der Waals surface area (Å²) in [5.74, 6) is 3.04. The molecule has 0 radical (unpaired) electrons. The van der Waals surface area contributed by atoms with Crippen molar-refractivity contribution < 1.29 is 4.74 Å². The summed E-state index contributed by atoms with van der Waals surface area (Å²) in [5.41, 5.74) is 0. The lowest BCUT2D eigenvalue weighted by molar-refractivity contribution is 0.370. The number of terminal acetylenes is 1. The van der Waals surface area contributed by atoms with Crippen LogP contribution < -0.4 is 0 Å². The van der Waals surface area contributed by atoms with Crippen LogP contribution in [0.4, 0.5) is 0 Å². The molecule has 0 aromatic carbocycles. The summed E-state index contributed by atoms with van der Waals surface area (Å²) in [5, 5.41) is 0. The third kappa shape index (κ3) is 9.19. The molecule has 0 saturated carbocycles. The van der Waals surface area contributed by atoms with Gasteiger partial charge in [0.2, 0.25) is 4.38 Å². The zero-order valence-corrected chi connectivity index (χ0v) is 9.16. The van der Waals surface area contributed by atoms with E-state index < -0.39 is 0 Å². The van der Waals surface area contributed by atoms with E-state index in [1.165, 1.54) is 11.8 Å². The van der Waals surface area contributed by atoms with Gasteiger partial charge >= 0.3 is 0 Å². The molecule has 13 heavy (non-hydrogen) atoms. The van der Waals surface area contributed by atoms with E-state index >= 15 is 0 Å². The van der Waals surface area contributed by atoms with Gasteiger partial charge in [0.1, 0.15) is 6.61 Å². The highest BCUT2D eigenvalue weighted by Crippen LogP contribution is 2.04. The van der Waals surface area contributed by atoms with E-state index in [1.807, 2.05) is 31.2 Å². The van der Waals surface area contributed by atoms with Gasteiger partial charge in [-0.05, 0) is 25.2 Å². The van der Waals surface area contributed by atoms with Crippen LogP contribution in [0.2, 0.25) is 0 Å². The molecule has 0 unspecified atom stereocenters. The molecular weight excluding hydrogens is 200 g/mol. The molecule has 3 heteroatoms. The molecule has 0 aliphatic heterocycles. The van der Waals surface area contributed by atoms with Crippen molar-refractivity contribution in [3.8, 4) is 12.3 Å². The molecule has 0 N–H and O–H groups in total. The lowest BCUT2D eigenvalue weighted by Crippen LogP contribution is -1.96. The lowest BCUT2D eigenvalue weighted by Gasteiger charge is -2.00. The molecule has 0 aromatic heterocycles. The van der Waals surface area contributed by atoms with Gasteiger partial charge in [-0.15, -0.1) is 6.42 Å². The van der Waals surface area contributed by atoms with Crippen LogP contribution in [0.1, 0.15) is 6.92 Å². The van der Waals surface area contributed by atoms with Crippen LogP contribution in [0.15, 0.2) is 24.3 Å². The fourth-order valence-corrected chi connectivity index (χ4v) is 1.10. The SMILES string of the molecule is C#CCSC(=S)OC/C=C/C=C/C. The van der Waals surface area contributed by atoms with Crippen LogP contribution >= 0.6 is 24.0 Å². The third-order valence-electron chi connectivity index (χ3n) is 1.01. The number of hydrogen-bond donors (Lipinski definition) is 0. The quantitative estimate of drug-likeness (QED) is 0.403. The highest BCUT2D eigenvalue weighted by atomic mass is 32.2. The van der Waals surface area contributed by atoms with Crippen molar-refractivity contribution in [1.82, 2.24) is 0 Å². The second kappa shape index (κ2) is 9.37. The first-order valence-electron chi connectivity index (χ1n) is 3.82. The average Bonchev–Trinajstić information content (AvgIpc) is 2.14. The first kappa shape index (κ1) is 12.3. The molecule has 0 aliphatic rings. The van der Waals surface area contributed by atoms with Crippen LogP contribution in [-0.2, 0) is 4.74 Å². The van der Waals surface area contributed by atoms with Gasteiger partial charge in [-0.25, -0.2) is 0 Å². The summed E-state index contributed by atoms with van der Waals surface area (Å²) >= 11 is 6.25. The largest absolute Gasteiger partial charge is 0.474 e. The average molecular weight is 212 g/mol. The van der Waals surface area contributed by atoms with Crippen molar-refractivity contribution in [1.29, 1.82) is 0 Å². The Morgan fingerprint density at radius 2 is 2.38 bits per heavy atom. The smallest absolute Gasteiger partial charge is 0.221 e. The monoisotopic (exact) mass is 212 g/mol. The van der Waals surface area contributed by atoms with Crippen LogP contribution in [0.3, 0.4) is 0 Å². The van der Waals surface area contributed by atoms with E-state index in [9.17, 15) is 0 Å². The first-order chi connectivity index (χ1) is 6.31. The van der Waals surface area contributed by atoms with Crippen molar-refractivity contribution in [2.24, 2.45) is 0 Å². The van der Waals surface area contributed by atoms with E-state index in [0.29, 0.717) is 16.7 Å². The van der Waals surface area contributed by atoms with E-state index in [-0.39, 0.29) is 0 Å². The minimum atomic E-state index is 0.501. The molecule has 0 spiro atoms. The maximum atomic E-state index is 5.17. The van der Waals surface area contributed by atoms with E-state index in [2.05, 4.69) is 5.92 Å². The number of ether oxygens (including phenoxy) is 1. The van der Waals surface area contributed by atoms with Gasteiger partial charge in [-0.2, -0.15) is 0 Å². The van der Waals surface area contributed by atoms with Gasteiger partial charge in [0.25, 0.3) is 0 Å². The Morgan fingerprint density at radius 3 is 3.00 bits per heavy atom. The maximum Gasteiger partial charge on any atom is 0.221 e. The molecule has 0 fully saturated rings. The summed E-state index contributed by atoms with van der Waals surface area (Å²) in [4.78, 5) is 0. The molecule has 0 rings (SSSR count). The number of allylic oxidation sites excluding steroid dienone is 3. The predicted octanol–water partition coefficient (Wildman–Crippen LogP) is 2.79. The summed E-state index contributed by atoms with van der Waals surface area (Å²) in [7, 11) is 0. The molecule has 0 aromatic rings. The third-order valence-corrected chi connectivity index (χ3v) is 2.15. The van der Waals surface area contributed by atoms with E-state index in [0.717, 1.165) is 0 Å². The van der Waals surface area contributed by atoms with Gasteiger partial charge in [0.05, 0.1) is 5.75 Å². The molecular formula is C10H12OS2. The molecule has 1 nitrogen and oxygen atoms in total. The molecule has 0 atom stereocenters. The van der Waals surface area contributed by atoms with Gasteiger partial charge in [0, 0.05) is 0 Å². The number of hydrogen-bond acceptors (Lipinski definition) is 3. The van der Waals surface area contributed by atoms with Crippen LogP contribution in [0, 0.1) is 12.3 Å². The summed E-state index contributed by atoms with van der Waals surface area (Å²) in [6.45, 7) is 2.46. The Kier molecular flexibility index (Phi) is 8.85. The van der Waals surface area contributed by atoms with Gasteiger partial charge in [0.15, 0.2) is 0 Å². The Hall–Kier alpha value is -0.720. The number of rotatable bonds is 4. The van der Waals surface area contributed by atoms with Crippen LogP contribution in [-0.4, -0.2) is 16.7 Å². The Morgan fingerprint density at radius 1 is 1.62 bits per heavy atom. The maximum absolute atomic E-state index is 5.17. The minimum absolute atomic E-state index is 0.501. The Labute approximate surface area is 89.2 Å². The summed E-state index contributed by atoms with van der Waals surface area (Å²) in [6.07, 6.45) is 12.7. The normalized spacial score (nSPS) is 10.5. The zero-order valence-electron chi connectivity index (χ0n) is 7.53. The summed E-state index contributed by atoms with van der Waals surface area (Å²) in [6, 6.07) is 0. The summed E-state index contributed by atoms with van der Waals surface area (Å²) < 4.78 is 5.67. The highest BCUT2D eigenvalue weighted by molar-refractivity contribution is 8.22. The van der Waals surface area contributed by atoms with Crippen molar-refractivity contribution in [3.63, 3.8) is 0 Å². The molecule has 0 aliphatic carbocycles. The van der Waals surface area contributed by atoms with Crippen molar-refractivity contribution in [2.45, 2.75) is 6.92 Å². The van der Waals surface area contributed by atoms with E-state index in [4.69, 9.17) is 23.4 Å². The first-order valence-corrected chi connectivity index (χ1v) is 5.21. The van der Waals surface area contributed by atoms with Gasteiger partial charge in [-0.1, -0.05) is 35.9 Å². The van der Waals surface area contributed by atoms with Crippen LogP contribution in [0.25, 0.3) is 0 Å². The standard InChI is InChI=1S/C10H12OS2/c1-3-5-6-7-8-11-10(12)13-9-4-2/h2-3,5-7H,8-9H2,1H3/b5-3+,7-6+. The van der Waals surface area contributed by atoms with Crippen molar-refractivity contribution in [3.05, 3.63) is 24.3 Å². The molecule has 0 amide bonds. The molecule has 70 valence electrons. The predicted molar refractivity (Wildman–Crippen MR) is 63.8 cm³/mol. The van der Waals surface area contributed by atoms with E-state index in [1.54, 1.807) is 0 Å². The molecule has 0 heterocycles. The lowest BCUT2D eigenvalue weighted by atomic mass is 10.4. The second-order valence-corrected chi connectivity index (χ2v) is 3.59. The van der Waals surface area contributed by atoms with Crippen LogP contribution in [0.5, 0.6) is 0 Å². The fraction of sp³-hybridized carbons (Fsp3) is 0.300. The fourth-order valence-electron chi connectivity index (χ4n) is 0.504. The number of thioether (sulfide) groups is 1. The topological polar surface area (TPSA) is 9.23 Å². The zero-order chi connectivity index (χ0) is 9.94. The number of thiocarbonyl (C=S) groups is 1. The minimum Gasteiger partial charge on any atom is -0.474 e. The highest BCUT2D eigenvalue weighted by Gasteiger charge is 1.93. The molecule has 0 bridgehead atoms. The van der Waals surface area contributed by atoms with Gasteiger partial charge < -0.3 is 4.74 Å². The Balaban J connectivity index is 3.43. The van der Waals surface area contributed by atoms with Gasteiger partial charge in [-0.3, -0.25) is 0 Å². The second-order valence-electron chi connectivity index (χ2n) is 2.01. The van der Waals surface area contributed by atoms with Crippen molar-refractivity contribution >= 4 is 28.4 Å². The van der Waals surface area contributed by atoms with Crippen molar-refractivity contribution in [2.75, 3.05) is 12.4 Å². The molecule has 0 saturated heterocycles.